The summed E-state index contributed by atoms with van der Waals surface area (Å²) in [6.45, 7) is 0. The van der Waals surface area contributed by atoms with Crippen LogP contribution in [0.2, 0.25) is 0 Å². The van der Waals surface area contributed by atoms with E-state index in [2.05, 4.69) is 21.2 Å². The van der Waals surface area contributed by atoms with Crippen molar-refractivity contribution in [3.8, 4) is 11.5 Å². The number of carbonyl (C=O) groups excluding carboxylic acids is 3. The van der Waals surface area contributed by atoms with E-state index in [1.165, 1.54) is 49.6 Å². The highest BCUT2D eigenvalue weighted by atomic mass is 19.1. The molecule has 3 amide bonds. The molecule has 152 valence electrons. The third kappa shape index (κ3) is 4.96. The second kappa shape index (κ2) is 9.28. The van der Waals surface area contributed by atoms with Crippen LogP contribution in [0.25, 0.3) is 0 Å². The van der Waals surface area contributed by atoms with Crippen LogP contribution in [0, 0.1) is 5.82 Å². The molecule has 0 aliphatic carbocycles. The van der Waals surface area contributed by atoms with Gasteiger partial charge in [-0.15, -0.1) is 0 Å². The van der Waals surface area contributed by atoms with Crippen molar-refractivity contribution >= 4 is 17.7 Å². The molecule has 3 N–H and O–H groups in total. The SMILES string of the molecule is CNC(=O)c1cc(Oc2ccc(C(=O)NNC(=O)c3ccccc3F)cc2)ccn1. The molecule has 0 spiro atoms. The van der Waals surface area contributed by atoms with Crippen LogP contribution in [-0.4, -0.2) is 29.8 Å². The average Bonchev–Trinajstić information content (AvgIpc) is 2.77. The van der Waals surface area contributed by atoms with Crippen LogP contribution >= 0.6 is 0 Å². The van der Waals surface area contributed by atoms with E-state index in [-0.39, 0.29) is 22.7 Å². The Balaban J connectivity index is 1.60. The number of pyridine rings is 1. The Morgan fingerprint density at radius 3 is 2.27 bits per heavy atom. The van der Waals surface area contributed by atoms with Crippen molar-refractivity contribution in [1.82, 2.24) is 21.2 Å². The highest BCUT2D eigenvalue weighted by Gasteiger charge is 2.13. The van der Waals surface area contributed by atoms with Crippen LogP contribution in [0.4, 0.5) is 4.39 Å². The molecule has 8 nitrogen and oxygen atoms in total. The standard InChI is InChI=1S/C21H17FN4O4/c1-23-21(29)18-12-15(10-11-24-18)30-14-8-6-13(7-9-14)19(27)25-26-20(28)16-4-2-3-5-17(16)22/h2-12H,1H3,(H,23,29)(H,25,27)(H,26,28). The first-order valence-corrected chi connectivity index (χ1v) is 8.79. The number of hydrogen-bond acceptors (Lipinski definition) is 5. The molecular formula is C21H17FN4O4. The molecule has 9 heteroatoms. The van der Waals surface area contributed by atoms with Crippen molar-refractivity contribution in [3.05, 3.63) is 89.5 Å². The first kappa shape index (κ1) is 20.5. The molecule has 3 rings (SSSR count). The van der Waals surface area contributed by atoms with Gasteiger partial charge in [0.15, 0.2) is 0 Å². The predicted molar refractivity (Wildman–Crippen MR) is 105 cm³/mol. The summed E-state index contributed by atoms with van der Waals surface area (Å²) in [4.78, 5) is 39.7. The predicted octanol–water partition coefficient (Wildman–Crippen LogP) is 2.45. The molecule has 3 aromatic rings. The number of aromatic nitrogens is 1. The molecule has 1 heterocycles. The Morgan fingerprint density at radius 2 is 1.57 bits per heavy atom. The van der Waals surface area contributed by atoms with Crippen LogP contribution in [0.1, 0.15) is 31.2 Å². The minimum atomic E-state index is -0.772. The fourth-order valence-corrected chi connectivity index (χ4v) is 2.44. The Kier molecular flexibility index (Phi) is 6.33. The summed E-state index contributed by atoms with van der Waals surface area (Å²) < 4.78 is 19.2. The van der Waals surface area contributed by atoms with Crippen molar-refractivity contribution in [2.24, 2.45) is 0 Å². The number of ether oxygens (including phenoxy) is 1. The van der Waals surface area contributed by atoms with Gasteiger partial charge < -0.3 is 10.1 Å². The van der Waals surface area contributed by atoms with Crippen LogP contribution < -0.4 is 20.9 Å². The number of hydrazine groups is 1. The molecule has 30 heavy (non-hydrogen) atoms. The number of hydrogen-bond donors (Lipinski definition) is 3. The van der Waals surface area contributed by atoms with E-state index < -0.39 is 17.6 Å². The summed E-state index contributed by atoms with van der Waals surface area (Å²) in [5.74, 6) is -1.57. The highest BCUT2D eigenvalue weighted by Crippen LogP contribution is 2.22. The summed E-state index contributed by atoms with van der Waals surface area (Å²) in [7, 11) is 1.50. The lowest BCUT2D eigenvalue weighted by Gasteiger charge is -2.09. The van der Waals surface area contributed by atoms with E-state index in [0.29, 0.717) is 11.5 Å². The van der Waals surface area contributed by atoms with Crippen molar-refractivity contribution in [2.45, 2.75) is 0 Å². The maximum Gasteiger partial charge on any atom is 0.272 e. The maximum atomic E-state index is 13.6. The summed E-state index contributed by atoms with van der Waals surface area (Å²) in [6, 6.07) is 14.6. The summed E-state index contributed by atoms with van der Waals surface area (Å²) >= 11 is 0. The lowest BCUT2D eigenvalue weighted by molar-refractivity contribution is 0.0844. The van der Waals surface area contributed by atoms with E-state index in [4.69, 9.17) is 4.74 Å². The van der Waals surface area contributed by atoms with Gasteiger partial charge in [0, 0.05) is 24.9 Å². The fraction of sp³-hybridized carbons (Fsp3) is 0.0476. The van der Waals surface area contributed by atoms with E-state index in [1.807, 2.05) is 0 Å². The minimum absolute atomic E-state index is 0.185. The molecule has 0 saturated heterocycles. The number of nitrogens with zero attached hydrogens (tertiary/aromatic N) is 1. The van der Waals surface area contributed by atoms with Crippen molar-refractivity contribution in [1.29, 1.82) is 0 Å². The van der Waals surface area contributed by atoms with Gasteiger partial charge in [-0.25, -0.2) is 4.39 Å². The van der Waals surface area contributed by atoms with Gasteiger partial charge >= 0.3 is 0 Å². The number of rotatable bonds is 5. The third-order valence-electron chi connectivity index (χ3n) is 3.95. The Labute approximate surface area is 171 Å². The van der Waals surface area contributed by atoms with Gasteiger partial charge in [-0.05, 0) is 42.5 Å². The van der Waals surface area contributed by atoms with Gasteiger partial charge in [0.2, 0.25) is 0 Å². The molecule has 1 aromatic heterocycles. The molecule has 0 unspecified atom stereocenters. The van der Waals surface area contributed by atoms with Crippen LogP contribution in [0.5, 0.6) is 11.5 Å². The van der Waals surface area contributed by atoms with Gasteiger partial charge in [0.25, 0.3) is 17.7 Å². The Morgan fingerprint density at radius 1 is 0.867 bits per heavy atom. The first-order chi connectivity index (χ1) is 14.5. The van der Waals surface area contributed by atoms with E-state index in [0.717, 1.165) is 6.07 Å². The lowest BCUT2D eigenvalue weighted by Crippen LogP contribution is -2.41. The summed E-state index contributed by atoms with van der Waals surface area (Å²) in [5, 5.41) is 2.47. The molecule has 0 aliphatic heterocycles. The molecule has 0 atom stereocenters. The number of carbonyl (C=O) groups is 3. The van der Waals surface area contributed by atoms with Gasteiger partial charge in [0.1, 0.15) is 23.0 Å². The lowest BCUT2D eigenvalue weighted by atomic mass is 10.2. The van der Waals surface area contributed by atoms with Crippen molar-refractivity contribution < 1.29 is 23.5 Å². The third-order valence-corrected chi connectivity index (χ3v) is 3.95. The van der Waals surface area contributed by atoms with Gasteiger partial charge in [0.05, 0.1) is 5.56 Å². The second-order valence-electron chi connectivity index (χ2n) is 5.97. The van der Waals surface area contributed by atoms with Crippen LogP contribution in [-0.2, 0) is 0 Å². The first-order valence-electron chi connectivity index (χ1n) is 8.79. The molecular weight excluding hydrogens is 391 g/mol. The number of nitrogens with one attached hydrogen (secondary N) is 3. The molecule has 0 saturated carbocycles. The Bertz CT molecular complexity index is 1090. The molecule has 0 aliphatic rings. The fourth-order valence-electron chi connectivity index (χ4n) is 2.44. The minimum Gasteiger partial charge on any atom is -0.457 e. The van der Waals surface area contributed by atoms with Gasteiger partial charge in [-0.2, -0.15) is 0 Å². The molecule has 0 fully saturated rings. The highest BCUT2D eigenvalue weighted by molar-refractivity contribution is 5.99. The largest absolute Gasteiger partial charge is 0.457 e. The quantitative estimate of drug-likeness (QED) is 0.562. The number of halogens is 1. The van der Waals surface area contributed by atoms with Crippen molar-refractivity contribution in [2.75, 3.05) is 7.05 Å². The molecule has 2 aromatic carbocycles. The summed E-state index contributed by atoms with van der Waals surface area (Å²) in [6.07, 6.45) is 1.44. The monoisotopic (exact) mass is 408 g/mol. The van der Waals surface area contributed by atoms with E-state index in [9.17, 15) is 18.8 Å². The zero-order valence-corrected chi connectivity index (χ0v) is 15.8. The molecule has 0 bridgehead atoms. The van der Waals surface area contributed by atoms with Gasteiger partial charge in [-0.3, -0.25) is 30.2 Å². The normalized spacial score (nSPS) is 10.1. The second-order valence-corrected chi connectivity index (χ2v) is 5.97. The number of amides is 3. The number of benzene rings is 2. The Hall–Kier alpha value is -4.27. The van der Waals surface area contributed by atoms with Crippen LogP contribution in [0.3, 0.4) is 0 Å². The van der Waals surface area contributed by atoms with Gasteiger partial charge in [-0.1, -0.05) is 12.1 Å². The molecule has 0 radical (unpaired) electrons. The zero-order valence-electron chi connectivity index (χ0n) is 15.8. The van der Waals surface area contributed by atoms with E-state index in [1.54, 1.807) is 18.2 Å². The smallest absolute Gasteiger partial charge is 0.272 e. The maximum absolute atomic E-state index is 13.6. The zero-order chi connectivity index (χ0) is 21.5. The van der Waals surface area contributed by atoms with Crippen molar-refractivity contribution in [3.63, 3.8) is 0 Å². The van der Waals surface area contributed by atoms with E-state index >= 15 is 0 Å². The topological polar surface area (TPSA) is 109 Å². The average molecular weight is 408 g/mol. The van der Waals surface area contributed by atoms with Crippen LogP contribution in [0.15, 0.2) is 66.9 Å². The summed E-state index contributed by atoms with van der Waals surface area (Å²) in [5.41, 5.74) is 4.65.